The van der Waals surface area contributed by atoms with Gasteiger partial charge >= 0.3 is 0 Å². The van der Waals surface area contributed by atoms with Crippen molar-refractivity contribution in [2.45, 2.75) is 19.9 Å². The van der Waals surface area contributed by atoms with Gasteiger partial charge in [-0.3, -0.25) is 9.59 Å². The number of aryl methyl sites for hydroxylation is 1. The molecular formula is C20H18BrN3O2. The Bertz CT molecular complexity index is 981. The third-order valence-corrected chi connectivity index (χ3v) is 4.50. The number of anilines is 1. The highest BCUT2D eigenvalue weighted by Crippen LogP contribution is 2.19. The van der Waals surface area contributed by atoms with Crippen molar-refractivity contribution < 1.29 is 4.79 Å². The van der Waals surface area contributed by atoms with Gasteiger partial charge < -0.3 is 5.32 Å². The van der Waals surface area contributed by atoms with E-state index in [1.807, 2.05) is 55.5 Å². The van der Waals surface area contributed by atoms with E-state index in [-0.39, 0.29) is 18.0 Å². The number of hydrogen-bond acceptors (Lipinski definition) is 3. The standard InChI is InChI=1S/C20H18BrN3O2/c1-2-14-5-3-4-6-17(14)22-19(25)13-24-20(26)12-11-18(23-24)15-7-9-16(21)10-8-15/h3-12H,2,13H2,1H3,(H,22,25). The summed E-state index contributed by atoms with van der Waals surface area (Å²) in [7, 11) is 0. The molecule has 0 bridgehead atoms. The van der Waals surface area contributed by atoms with Gasteiger partial charge in [-0.05, 0) is 36.2 Å². The second kappa shape index (κ2) is 8.10. The first-order valence-electron chi connectivity index (χ1n) is 8.28. The Kier molecular flexibility index (Phi) is 5.63. The average molecular weight is 412 g/mol. The largest absolute Gasteiger partial charge is 0.324 e. The lowest BCUT2D eigenvalue weighted by Gasteiger charge is -2.11. The summed E-state index contributed by atoms with van der Waals surface area (Å²) in [6.45, 7) is 1.89. The molecule has 0 saturated heterocycles. The molecule has 0 spiro atoms. The minimum atomic E-state index is -0.315. The molecule has 0 saturated carbocycles. The number of para-hydroxylation sites is 1. The Labute approximate surface area is 159 Å². The fourth-order valence-corrected chi connectivity index (χ4v) is 2.88. The SMILES string of the molecule is CCc1ccccc1NC(=O)Cn1nc(-c2ccc(Br)cc2)ccc1=O. The zero-order valence-electron chi connectivity index (χ0n) is 14.3. The third kappa shape index (κ3) is 4.26. The van der Waals surface area contributed by atoms with Crippen molar-refractivity contribution in [1.82, 2.24) is 9.78 Å². The number of benzene rings is 2. The van der Waals surface area contributed by atoms with Gasteiger partial charge in [0.1, 0.15) is 6.54 Å². The molecule has 26 heavy (non-hydrogen) atoms. The maximum absolute atomic E-state index is 12.4. The van der Waals surface area contributed by atoms with Gasteiger partial charge in [0.25, 0.3) is 5.56 Å². The Morgan fingerprint density at radius 2 is 1.81 bits per heavy atom. The van der Waals surface area contributed by atoms with Gasteiger partial charge in [0, 0.05) is 21.8 Å². The van der Waals surface area contributed by atoms with Crippen LogP contribution in [-0.4, -0.2) is 15.7 Å². The highest BCUT2D eigenvalue weighted by molar-refractivity contribution is 9.10. The van der Waals surface area contributed by atoms with Crippen LogP contribution < -0.4 is 10.9 Å². The quantitative estimate of drug-likeness (QED) is 0.692. The number of nitrogens with one attached hydrogen (secondary N) is 1. The molecule has 1 heterocycles. The minimum absolute atomic E-state index is 0.138. The number of carbonyl (C=O) groups is 1. The molecule has 0 atom stereocenters. The van der Waals surface area contributed by atoms with Crippen LogP contribution in [0.2, 0.25) is 0 Å². The van der Waals surface area contributed by atoms with Crippen LogP contribution in [0.15, 0.2) is 69.9 Å². The van der Waals surface area contributed by atoms with Crippen LogP contribution in [0.3, 0.4) is 0 Å². The Morgan fingerprint density at radius 1 is 1.08 bits per heavy atom. The Morgan fingerprint density at radius 3 is 2.54 bits per heavy atom. The van der Waals surface area contributed by atoms with Gasteiger partial charge in [-0.1, -0.05) is 53.2 Å². The van der Waals surface area contributed by atoms with E-state index in [2.05, 4.69) is 26.3 Å². The van der Waals surface area contributed by atoms with Gasteiger partial charge in [-0.15, -0.1) is 0 Å². The zero-order chi connectivity index (χ0) is 18.5. The van der Waals surface area contributed by atoms with Crippen LogP contribution >= 0.6 is 15.9 Å². The molecule has 0 aliphatic heterocycles. The van der Waals surface area contributed by atoms with Crippen molar-refractivity contribution in [1.29, 1.82) is 0 Å². The first kappa shape index (κ1) is 18.1. The molecule has 3 aromatic rings. The minimum Gasteiger partial charge on any atom is -0.324 e. The number of halogens is 1. The smallest absolute Gasteiger partial charge is 0.267 e. The summed E-state index contributed by atoms with van der Waals surface area (Å²) in [5.74, 6) is -0.284. The summed E-state index contributed by atoms with van der Waals surface area (Å²) >= 11 is 3.39. The Balaban J connectivity index is 1.81. The van der Waals surface area contributed by atoms with Crippen LogP contribution in [0.4, 0.5) is 5.69 Å². The molecule has 132 valence electrons. The number of aromatic nitrogens is 2. The number of hydrogen-bond donors (Lipinski definition) is 1. The van der Waals surface area contributed by atoms with E-state index in [4.69, 9.17) is 0 Å². The van der Waals surface area contributed by atoms with Crippen LogP contribution in [-0.2, 0) is 17.8 Å². The van der Waals surface area contributed by atoms with E-state index in [0.717, 1.165) is 27.7 Å². The molecule has 0 aliphatic rings. The molecule has 0 radical (unpaired) electrons. The number of amides is 1. The van der Waals surface area contributed by atoms with E-state index < -0.39 is 0 Å². The van der Waals surface area contributed by atoms with Crippen LogP contribution in [0, 0.1) is 0 Å². The topological polar surface area (TPSA) is 64.0 Å². The maximum Gasteiger partial charge on any atom is 0.267 e. The fraction of sp³-hybridized carbons (Fsp3) is 0.150. The first-order valence-corrected chi connectivity index (χ1v) is 9.08. The van der Waals surface area contributed by atoms with Crippen molar-refractivity contribution in [2.75, 3.05) is 5.32 Å². The molecule has 0 aliphatic carbocycles. The molecule has 1 amide bonds. The van der Waals surface area contributed by atoms with E-state index in [9.17, 15) is 9.59 Å². The second-order valence-electron chi connectivity index (χ2n) is 5.78. The molecule has 1 N–H and O–H groups in total. The van der Waals surface area contributed by atoms with Crippen molar-refractivity contribution >= 4 is 27.5 Å². The predicted molar refractivity (Wildman–Crippen MR) is 106 cm³/mol. The summed E-state index contributed by atoms with van der Waals surface area (Å²) < 4.78 is 2.14. The lowest BCUT2D eigenvalue weighted by atomic mass is 10.1. The molecule has 1 aromatic heterocycles. The summed E-state index contributed by atoms with van der Waals surface area (Å²) in [5, 5.41) is 7.18. The highest BCUT2D eigenvalue weighted by Gasteiger charge is 2.10. The first-order chi connectivity index (χ1) is 12.6. The second-order valence-corrected chi connectivity index (χ2v) is 6.70. The number of nitrogens with zero attached hydrogens (tertiary/aromatic N) is 2. The fourth-order valence-electron chi connectivity index (χ4n) is 2.61. The van der Waals surface area contributed by atoms with Crippen LogP contribution in [0.25, 0.3) is 11.3 Å². The summed E-state index contributed by atoms with van der Waals surface area (Å²) in [6.07, 6.45) is 0.813. The lowest BCUT2D eigenvalue weighted by Crippen LogP contribution is -2.29. The van der Waals surface area contributed by atoms with Crippen molar-refractivity contribution in [3.8, 4) is 11.3 Å². The van der Waals surface area contributed by atoms with Crippen molar-refractivity contribution in [3.63, 3.8) is 0 Å². The van der Waals surface area contributed by atoms with Crippen LogP contribution in [0.5, 0.6) is 0 Å². The third-order valence-electron chi connectivity index (χ3n) is 3.97. The summed E-state index contributed by atoms with van der Waals surface area (Å²) in [4.78, 5) is 24.5. The predicted octanol–water partition coefficient (Wildman–Crippen LogP) is 3.87. The van der Waals surface area contributed by atoms with Gasteiger partial charge in [-0.25, -0.2) is 4.68 Å². The zero-order valence-corrected chi connectivity index (χ0v) is 15.9. The number of carbonyl (C=O) groups excluding carboxylic acids is 1. The molecule has 3 rings (SSSR count). The Hall–Kier alpha value is -2.73. The highest BCUT2D eigenvalue weighted by atomic mass is 79.9. The van der Waals surface area contributed by atoms with Crippen LogP contribution in [0.1, 0.15) is 12.5 Å². The maximum atomic E-state index is 12.4. The lowest BCUT2D eigenvalue weighted by molar-refractivity contribution is -0.117. The van der Waals surface area contributed by atoms with E-state index in [1.165, 1.54) is 10.7 Å². The van der Waals surface area contributed by atoms with E-state index in [1.54, 1.807) is 6.07 Å². The van der Waals surface area contributed by atoms with E-state index in [0.29, 0.717) is 5.69 Å². The molecule has 0 fully saturated rings. The van der Waals surface area contributed by atoms with Gasteiger partial charge in [0.15, 0.2) is 0 Å². The van der Waals surface area contributed by atoms with Crippen molar-refractivity contribution in [2.24, 2.45) is 0 Å². The molecule has 6 heteroatoms. The van der Waals surface area contributed by atoms with Gasteiger partial charge in [0.2, 0.25) is 5.91 Å². The van der Waals surface area contributed by atoms with E-state index >= 15 is 0 Å². The van der Waals surface area contributed by atoms with Gasteiger partial charge in [-0.2, -0.15) is 5.10 Å². The molecular weight excluding hydrogens is 394 g/mol. The average Bonchev–Trinajstić information content (AvgIpc) is 2.64. The summed E-state index contributed by atoms with van der Waals surface area (Å²) in [6, 6.07) is 18.3. The van der Waals surface area contributed by atoms with Crippen molar-refractivity contribution in [3.05, 3.63) is 81.1 Å². The summed E-state index contributed by atoms with van der Waals surface area (Å²) in [5.41, 5.74) is 3.00. The normalized spacial score (nSPS) is 10.5. The molecule has 0 unspecified atom stereocenters. The monoisotopic (exact) mass is 411 g/mol. The molecule has 5 nitrogen and oxygen atoms in total. The number of rotatable bonds is 5. The van der Waals surface area contributed by atoms with Gasteiger partial charge in [0.05, 0.1) is 5.69 Å². The molecule has 2 aromatic carbocycles.